The average Bonchev–Trinajstić information content (AvgIpc) is 1.89. The molecule has 0 bridgehead atoms. The van der Waals surface area contributed by atoms with Crippen molar-refractivity contribution in [1.82, 2.24) is 4.90 Å². The van der Waals surface area contributed by atoms with Crippen LogP contribution in [-0.2, 0) is 0 Å². The molecular formula is C9H17N. The Labute approximate surface area is 64.4 Å². The van der Waals surface area contributed by atoms with Crippen LogP contribution in [-0.4, -0.2) is 18.0 Å². The van der Waals surface area contributed by atoms with E-state index in [1.165, 1.54) is 12.8 Å². The summed E-state index contributed by atoms with van der Waals surface area (Å²) in [6.45, 7) is 6.27. The fourth-order valence-electron chi connectivity index (χ4n) is 0.898. The summed E-state index contributed by atoms with van der Waals surface area (Å²) in [4.78, 5) is 2.07. The van der Waals surface area contributed by atoms with Crippen molar-refractivity contribution in [2.75, 3.05) is 7.05 Å². The highest BCUT2D eigenvalue weighted by Crippen LogP contribution is 2.01. The highest BCUT2D eigenvalue weighted by molar-refractivity contribution is 4.94. The maximum atomic E-state index is 3.01. The summed E-state index contributed by atoms with van der Waals surface area (Å²) >= 11 is 0. The van der Waals surface area contributed by atoms with Crippen molar-refractivity contribution in [3.05, 3.63) is 0 Å². The smallest absolute Gasteiger partial charge is 0.0339 e. The lowest BCUT2D eigenvalue weighted by Crippen LogP contribution is -2.23. The van der Waals surface area contributed by atoms with Gasteiger partial charge < -0.3 is 4.90 Å². The van der Waals surface area contributed by atoms with E-state index in [1.807, 2.05) is 14.0 Å². The summed E-state index contributed by atoms with van der Waals surface area (Å²) in [6, 6.07) is 3.61. The highest BCUT2D eigenvalue weighted by Gasteiger charge is 2.01. The van der Waals surface area contributed by atoms with Gasteiger partial charge in [-0.3, -0.25) is 0 Å². The second-order valence-electron chi connectivity index (χ2n) is 2.61. The summed E-state index contributed by atoms with van der Waals surface area (Å²) in [6.07, 6.45) is 2.46. The normalized spacial score (nSPS) is 11.6. The Morgan fingerprint density at radius 1 is 1.50 bits per heavy atom. The van der Waals surface area contributed by atoms with Gasteiger partial charge in [-0.15, -0.1) is 0 Å². The molecule has 0 saturated carbocycles. The van der Waals surface area contributed by atoms with Crippen molar-refractivity contribution in [3.63, 3.8) is 0 Å². The van der Waals surface area contributed by atoms with Crippen LogP contribution in [0, 0.1) is 12.0 Å². The van der Waals surface area contributed by atoms with E-state index in [1.54, 1.807) is 0 Å². The van der Waals surface area contributed by atoms with E-state index in [0.717, 1.165) is 0 Å². The van der Waals surface area contributed by atoms with Gasteiger partial charge in [0.1, 0.15) is 0 Å². The SMILES string of the molecule is CC#CN(C)C(C)CCC. The molecule has 0 amide bonds. The fraction of sp³-hybridized carbons (Fsp3) is 0.778. The maximum absolute atomic E-state index is 3.01. The quantitative estimate of drug-likeness (QED) is 0.427. The molecule has 0 aliphatic heterocycles. The Hall–Kier alpha value is -0.640. The first-order valence-corrected chi connectivity index (χ1v) is 3.87. The Bertz CT molecular complexity index is 129. The van der Waals surface area contributed by atoms with Crippen LogP contribution in [0.1, 0.15) is 33.6 Å². The van der Waals surface area contributed by atoms with Gasteiger partial charge in [0, 0.05) is 19.1 Å². The molecule has 1 heteroatoms. The second kappa shape index (κ2) is 5.17. The topological polar surface area (TPSA) is 3.24 Å². The molecule has 1 unspecified atom stereocenters. The lowest BCUT2D eigenvalue weighted by atomic mass is 10.2. The first-order valence-electron chi connectivity index (χ1n) is 3.87. The number of rotatable bonds is 3. The summed E-state index contributed by atoms with van der Waals surface area (Å²) in [5.41, 5.74) is 0. The predicted molar refractivity (Wildman–Crippen MR) is 45.6 cm³/mol. The molecule has 0 radical (unpaired) electrons. The molecule has 1 nitrogen and oxygen atoms in total. The van der Waals surface area contributed by atoms with Crippen LogP contribution in [0.15, 0.2) is 0 Å². The number of nitrogens with zero attached hydrogens (tertiary/aromatic N) is 1. The minimum atomic E-state index is 0.595. The molecule has 1 atom stereocenters. The van der Waals surface area contributed by atoms with Crippen molar-refractivity contribution in [2.45, 2.75) is 39.7 Å². The van der Waals surface area contributed by atoms with Crippen molar-refractivity contribution >= 4 is 0 Å². The van der Waals surface area contributed by atoms with Crippen molar-refractivity contribution in [3.8, 4) is 12.0 Å². The van der Waals surface area contributed by atoms with Crippen LogP contribution in [0.2, 0.25) is 0 Å². The van der Waals surface area contributed by atoms with Gasteiger partial charge in [-0.05, 0) is 20.3 Å². The van der Waals surface area contributed by atoms with Gasteiger partial charge >= 0.3 is 0 Å². The summed E-state index contributed by atoms with van der Waals surface area (Å²) in [7, 11) is 2.04. The zero-order chi connectivity index (χ0) is 7.98. The second-order valence-corrected chi connectivity index (χ2v) is 2.61. The molecule has 0 aromatic rings. The summed E-state index contributed by atoms with van der Waals surface area (Å²) < 4.78 is 0. The molecule has 0 N–H and O–H groups in total. The molecule has 0 spiro atoms. The third kappa shape index (κ3) is 3.40. The Morgan fingerprint density at radius 3 is 2.50 bits per heavy atom. The molecular weight excluding hydrogens is 122 g/mol. The highest BCUT2D eigenvalue weighted by atomic mass is 15.1. The van der Waals surface area contributed by atoms with Crippen molar-refractivity contribution in [2.24, 2.45) is 0 Å². The van der Waals surface area contributed by atoms with Crippen molar-refractivity contribution < 1.29 is 0 Å². The van der Waals surface area contributed by atoms with Gasteiger partial charge in [-0.1, -0.05) is 19.3 Å². The largest absolute Gasteiger partial charge is 0.333 e. The standard InChI is InChI=1S/C9H17N/c1-5-7-9(3)10(4)8-6-2/h9H,5,7H2,1-4H3. The molecule has 0 aromatic carbocycles. The van der Waals surface area contributed by atoms with E-state index in [-0.39, 0.29) is 0 Å². The molecule has 0 aliphatic carbocycles. The Morgan fingerprint density at radius 2 is 2.10 bits per heavy atom. The third-order valence-electron chi connectivity index (χ3n) is 1.66. The summed E-state index contributed by atoms with van der Waals surface area (Å²) in [5.74, 6) is 2.88. The maximum Gasteiger partial charge on any atom is 0.0339 e. The lowest BCUT2D eigenvalue weighted by molar-refractivity contribution is 0.350. The monoisotopic (exact) mass is 139 g/mol. The van der Waals surface area contributed by atoms with E-state index in [4.69, 9.17) is 0 Å². The first-order chi connectivity index (χ1) is 4.72. The zero-order valence-corrected chi connectivity index (χ0v) is 7.44. The minimum Gasteiger partial charge on any atom is -0.333 e. The number of hydrogen-bond donors (Lipinski definition) is 0. The van der Waals surface area contributed by atoms with Gasteiger partial charge in [0.05, 0.1) is 0 Å². The van der Waals surface area contributed by atoms with E-state index in [0.29, 0.717) is 6.04 Å². The molecule has 0 rings (SSSR count). The van der Waals surface area contributed by atoms with E-state index in [9.17, 15) is 0 Å². The Balaban J connectivity index is 3.66. The van der Waals surface area contributed by atoms with Crippen LogP contribution in [0.3, 0.4) is 0 Å². The van der Waals surface area contributed by atoms with E-state index < -0.39 is 0 Å². The predicted octanol–water partition coefficient (Wildman–Crippen LogP) is 2.09. The number of hydrogen-bond acceptors (Lipinski definition) is 1. The molecule has 0 heterocycles. The van der Waals surface area contributed by atoms with Gasteiger partial charge in [0.15, 0.2) is 0 Å². The fourth-order valence-corrected chi connectivity index (χ4v) is 0.898. The molecule has 0 saturated heterocycles. The van der Waals surface area contributed by atoms with Gasteiger partial charge in [0.25, 0.3) is 0 Å². The van der Waals surface area contributed by atoms with E-state index in [2.05, 4.69) is 30.7 Å². The van der Waals surface area contributed by atoms with Gasteiger partial charge in [-0.2, -0.15) is 0 Å². The third-order valence-corrected chi connectivity index (χ3v) is 1.66. The molecule has 0 fully saturated rings. The van der Waals surface area contributed by atoms with E-state index >= 15 is 0 Å². The lowest BCUT2D eigenvalue weighted by Gasteiger charge is -2.19. The molecule has 0 aliphatic rings. The minimum absolute atomic E-state index is 0.595. The van der Waals surface area contributed by atoms with Gasteiger partial charge in [0.2, 0.25) is 0 Å². The molecule has 58 valence electrons. The Kier molecular flexibility index (Phi) is 4.84. The van der Waals surface area contributed by atoms with Crippen LogP contribution in [0.25, 0.3) is 0 Å². The van der Waals surface area contributed by atoms with Crippen molar-refractivity contribution in [1.29, 1.82) is 0 Å². The average molecular weight is 139 g/mol. The van der Waals surface area contributed by atoms with Crippen LogP contribution in [0.5, 0.6) is 0 Å². The van der Waals surface area contributed by atoms with Crippen LogP contribution in [0.4, 0.5) is 0 Å². The van der Waals surface area contributed by atoms with Gasteiger partial charge in [-0.25, -0.2) is 0 Å². The summed E-state index contributed by atoms with van der Waals surface area (Å²) in [5, 5.41) is 0. The molecule has 0 aromatic heterocycles. The zero-order valence-electron chi connectivity index (χ0n) is 7.44. The van der Waals surface area contributed by atoms with Crippen LogP contribution >= 0.6 is 0 Å². The first kappa shape index (κ1) is 9.36. The van der Waals surface area contributed by atoms with Crippen LogP contribution < -0.4 is 0 Å². The molecule has 10 heavy (non-hydrogen) atoms.